The van der Waals surface area contributed by atoms with E-state index in [0.717, 1.165) is 44.0 Å². The normalized spacial score (nSPS) is 18.2. The molecule has 0 spiro atoms. The summed E-state index contributed by atoms with van der Waals surface area (Å²) < 4.78 is 5.89. The quantitative estimate of drug-likeness (QED) is 0.872. The van der Waals surface area contributed by atoms with Crippen LogP contribution in [0.5, 0.6) is 5.75 Å². The Bertz CT molecular complexity index is 892. The molecule has 0 unspecified atom stereocenters. The highest BCUT2D eigenvalue weighted by molar-refractivity contribution is 6.32. The van der Waals surface area contributed by atoms with Gasteiger partial charge in [0.2, 0.25) is 5.90 Å². The third kappa shape index (κ3) is 3.49. The van der Waals surface area contributed by atoms with Crippen LogP contribution in [0.15, 0.2) is 23.5 Å². The summed E-state index contributed by atoms with van der Waals surface area (Å²) >= 11 is 6.27. The van der Waals surface area contributed by atoms with Crippen LogP contribution in [-0.2, 0) is 6.54 Å². The molecule has 0 amide bonds. The molecule has 2 aromatic rings. The van der Waals surface area contributed by atoms with Gasteiger partial charge in [0, 0.05) is 25.4 Å². The second-order valence-electron chi connectivity index (χ2n) is 7.46. The van der Waals surface area contributed by atoms with Gasteiger partial charge in [-0.25, -0.2) is 15.0 Å². The number of ether oxygens (including phenoxy) is 1. The second-order valence-corrected chi connectivity index (χ2v) is 7.84. The highest BCUT2D eigenvalue weighted by atomic mass is 35.5. The lowest BCUT2D eigenvalue weighted by atomic mass is 9.80. The van der Waals surface area contributed by atoms with Crippen molar-refractivity contribution in [3.05, 3.63) is 40.6 Å². The Morgan fingerprint density at radius 1 is 1.30 bits per heavy atom. The molecule has 1 saturated heterocycles. The van der Waals surface area contributed by atoms with Crippen molar-refractivity contribution in [3.63, 3.8) is 0 Å². The fraction of sp³-hybridized carbons (Fsp3) is 0.474. The summed E-state index contributed by atoms with van der Waals surface area (Å²) in [7, 11) is 0. The molecular weight excluding hydrogens is 364 g/mol. The number of fused-ring (bicyclic) bond motifs is 1. The molecule has 0 aromatic carbocycles. The second kappa shape index (κ2) is 7.05. The zero-order valence-corrected chi connectivity index (χ0v) is 16.3. The van der Waals surface area contributed by atoms with Gasteiger partial charge in [-0.2, -0.15) is 0 Å². The minimum absolute atomic E-state index is 0.229. The molecule has 8 heteroatoms. The monoisotopic (exact) mass is 386 g/mol. The number of hydrogen-bond acceptors (Lipinski definition) is 7. The standard InChI is InChI=1S/C19H23ClN6O/c1-12-16(20)14(3-6-22-12)27-18-17-13(9-24-18)25-15(10-23-17)26-7-4-19(2,11-21)5-8-26/h3,6,10H,4-5,7-9,11,21H2,1-2H3. The Morgan fingerprint density at radius 2 is 2.07 bits per heavy atom. The molecule has 0 saturated carbocycles. The molecule has 4 rings (SSSR count). The van der Waals surface area contributed by atoms with Crippen molar-refractivity contribution in [2.24, 2.45) is 16.1 Å². The summed E-state index contributed by atoms with van der Waals surface area (Å²) in [5.41, 5.74) is 8.35. The average Bonchev–Trinajstić information content (AvgIpc) is 3.08. The number of hydrogen-bond donors (Lipinski definition) is 1. The van der Waals surface area contributed by atoms with E-state index in [0.29, 0.717) is 34.6 Å². The summed E-state index contributed by atoms with van der Waals surface area (Å²) in [5, 5.41) is 0.481. The molecule has 2 aliphatic heterocycles. The Kier molecular flexibility index (Phi) is 4.74. The summed E-state index contributed by atoms with van der Waals surface area (Å²) in [6, 6.07) is 1.72. The maximum Gasteiger partial charge on any atom is 0.243 e. The van der Waals surface area contributed by atoms with Crippen LogP contribution in [0.4, 0.5) is 5.82 Å². The van der Waals surface area contributed by atoms with Crippen molar-refractivity contribution < 1.29 is 4.74 Å². The van der Waals surface area contributed by atoms with Crippen molar-refractivity contribution in [2.75, 3.05) is 24.5 Å². The molecule has 0 radical (unpaired) electrons. The number of piperidine rings is 1. The van der Waals surface area contributed by atoms with E-state index in [2.05, 4.69) is 26.8 Å². The number of aromatic nitrogens is 3. The third-order valence-corrected chi connectivity index (χ3v) is 5.89. The van der Waals surface area contributed by atoms with E-state index in [9.17, 15) is 0 Å². The minimum atomic E-state index is 0.229. The van der Waals surface area contributed by atoms with Crippen LogP contribution in [0.2, 0.25) is 5.02 Å². The zero-order valence-electron chi connectivity index (χ0n) is 15.6. The largest absolute Gasteiger partial charge is 0.435 e. The van der Waals surface area contributed by atoms with E-state index in [4.69, 9.17) is 27.1 Å². The van der Waals surface area contributed by atoms with Crippen LogP contribution in [0.3, 0.4) is 0 Å². The molecule has 0 atom stereocenters. The number of nitrogens with zero attached hydrogens (tertiary/aromatic N) is 5. The molecule has 142 valence electrons. The molecule has 0 bridgehead atoms. The van der Waals surface area contributed by atoms with Crippen LogP contribution >= 0.6 is 11.6 Å². The van der Waals surface area contributed by atoms with Crippen molar-refractivity contribution >= 4 is 23.3 Å². The van der Waals surface area contributed by atoms with Crippen molar-refractivity contribution in [3.8, 4) is 5.75 Å². The molecule has 1 fully saturated rings. The summed E-state index contributed by atoms with van der Waals surface area (Å²) in [6.07, 6.45) is 5.58. The number of nitrogens with two attached hydrogens (primary N) is 1. The van der Waals surface area contributed by atoms with Crippen LogP contribution in [0.25, 0.3) is 0 Å². The van der Waals surface area contributed by atoms with Crippen molar-refractivity contribution in [2.45, 2.75) is 33.2 Å². The number of aliphatic imine (C=N–C) groups is 1. The van der Waals surface area contributed by atoms with E-state index in [1.807, 2.05) is 6.92 Å². The summed E-state index contributed by atoms with van der Waals surface area (Å²) in [6.45, 7) is 7.15. The van der Waals surface area contributed by atoms with E-state index in [1.165, 1.54) is 0 Å². The van der Waals surface area contributed by atoms with E-state index in [-0.39, 0.29) is 5.41 Å². The van der Waals surface area contributed by atoms with E-state index in [1.54, 1.807) is 18.5 Å². The molecule has 2 aliphatic rings. The maximum atomic E-state index is 6.27. The van der Waals surface area contributed by atoms with Gasteiger partial charge in [0.05, 0.1) is 24.1 Å². The van der Waals surface area contributed by atoms with Gasteiger partial charge in [-0.05, 0) is 31.7 Å². The predicted molar refractivity (Wildman–Crippen MR) is 105 cm³/mol. The Hall–Kier alpha value is -2.25. The maximum absolute atomic E-state index is 6.27. The van der Waals surface area contributed by atoms with Crippen LogP contribution in [-0.4, -0.2) is 40.5 Å². The van der Waals surface area contributed by atoms with Crippen molar-refractivity contribution in [1.29, 1.82) is 0 Å². The molecule has 7 nitrogen and oxygen atoms in total. The summed E-state index contributed by atoms with van der Waals surface area (Å²) in [4.78, 5) is 20.2. The predicted octanol–water partition coefficient (Wildman–Crippen LogP) is 2.74. The number of anilines is 1. The lowest BCUT2D eigenvalue weighted by Gasteiger charge is -2.39. The first kappa shape index (κ1) is 18.1. The van der Waals surface area contributed by atoms with Gasteiger partial charge in [0.15, 0.2) is 5.75 Å². The lowest BCUT2D eigenvalue weighted by Crippen LogP contribution is -2.42. The number of pyridine rings is 1. The summed E-state index contributed by atoms with van der Waals surface area (Å²) in [5.74, 6) is 1.87. The molecular formula is C19H23ClN6O. The van der Waals surface area contributed by atoms with Gasteiger partial charge in [-0.1, -0.05) is 18.5 Å². The van der Waals surface area contributed by atoms with Crippen LogP contribution in [0.1, 0.15) is 36.8 Å². The first-order valence-electron chi connectivity index (χ1n) is 9.14. The molecule has 2 aromatic heterocycles. The molecule has 2 N–H and O–H groups in total. The van der Waals surface area contributed by atoms with Gasteiger partial charge in [0.25, 0.3) is 0 Å². The van der Waals surface area contributed by atoms with Gasteiger partial charge >= 0.3 is 0 Å². The number of halogens is 1. The lowest BCUT2D eigenvalue weighted by molar-refractivity contribution is 0.258. The first-order valence-corrected chi connectivity index (χ1v) is 9.52. The minimum Gasteiger partial charge on any atom is -0.435 e. The van der Waals surface area contributed by atoms with Gasteiger partial charge in [0.1, 0.15) is 16.5 Å². The van der Waals surface area contributed by atoms with E-state index < -0.39 is 0 Å². The van der Waals surface area contributed by atoms with Crippen LogP contribution < -0.4 is 15.4 Å². The first-order chi connectivity index (χ1) is 13.0. The fourth-order valence-electron chi connectivity index (χ4n) is 3.35. The van der Waals surface area contributed by atoms with Crippen LogP contribution in [0, 0.1) is 12.3 Å². The van der Waals surface area contributed by atoms with E-state index >= 15 is 0 Å². The van der Waals surface area contributed by atoms with Gasteiger partial charge in [-0.3, -0.25) is 4.98 Å². The highest BCUT2D eigenvalue weighted by Crippen LogP contribution is 2.32. The zero-order chi connectivity index (χ0) is 19.0. The third-order valence-electron chi connectivity index (χ3n) is 5.43. The molecule has 4 heterocycles. The Labute approximate surface area is 163 Å². The Balaban J connectivity index is 1.50. The average molecular weight is 387 g/mol. The molecule has 27 heavy (non-hydrogen) atoms. The molecule has 0 aliphatic carbocycles. The number of aryl methyl sites for hydroxylation is 1. The SMILES string of the molecule is Cc1nccc(OC2=NCc3nc(N4CCC(C)(CN)CC4)cnc32)c1Cl. The number of rotatable bonds is 3. The van der Waals surface area contributed by atoms with Gasteiger partial charge < -0.3 is 15.4 Å². The van der Waals surface area contributed by atoms with Crippen molar-refractivity contribution in [1.82, 2.24) is 15.0 Å². The smallest absolute Gasteiger partial charge is 0.243 e. The Morgan fingerprint density at radius 3 is 2.81 bits per heavy atom. The topological polar surface area (TPSA) is 89.5 Å². The highest BCUT2D eigenvalue weighted by Gasteiger charge is 2.30. The fourth-order valence-corrected chi connectivity index (χ4v) is 3.50. The van der Waals surface area contributed by atoms with Gasteiger partial charge in [-0.15, -0.1) is 0 Å².